The summed E-state index contributed by atoms with van der Waals surface area (Å²) in [5, 5.41) is 2.98. The molecule has 5 heterocycles. The summed E-state index contributed by atoms with van der Waals surface area (Å²) in [6, 6.07) is 3.81. The topological polar surface area (TPSA) is 88.8 Å². The van der Waals surface area contributed by atoms with Gasteiger partial charge in [-0.05, 0) is 50.3 Å². The van der Waals surface area contributed by atoms with E-state index in [2.05, 4.69) is 29.7 Å². The van der Waals surface area contributed by atoms with Gasteiger partial charge in [0.1, 0.15) is 18.0 Å². The monoisotopic (exact) mass is 405 g/mol. The molecule has 0 radical (unpaired) electrons. The predicted octanol–water partition coefficient (Wildman–Crippen LogP) is 3.11. The molecule has 156 valence electrons. The van der Waals surface area contributed by atoms with Crippen molar-refractivity contribution in [1.82, 2.24) is 24.5 Å². The number of amides is 1. The van der Waals surface area contributed by atoms with E-state index in [4.69, 9.17) is 4.98 Å². The second-order valence-corrected chi connectivity index (χ2v) is 8.35. The Bertz CT molecular complexity index is 1080. The summed E-state index contributed by atoms with van der Waals surface area (Å²) >= 11 is 0. The molecule has 8 heteroatoms. The smallest absolute Gasteiger partial charge is 0.230 e. The van der Waals surface area contributed by atoms with Crippen LogP contribution in [0.5, 0.6) is 0 Å². The minimum atomic E-state index is -0.105. The van der Waals surface area contributed by atoms with Crippen molar-refractivity contribution in [2.24, 2.45) is 5.92 Å². The maximum atomic E-state index is 12.9. The third kappa shape index (κ3) is 3.62. The highest BCUT2D eigenvalue weighted by Crippen LogP contribution is 2.29. The van der Waals surface area contributed by atoms with Crippen molar-refractivity contribution in [1.29, 1.82) is 0 Å². The van der Waals surface area contributed by atoms with Gasteiger partial charge in [0, 0.05) is 32.3 Å². The molecule has 5 rings (SSSR count). The highest BCUT2D eigenvalue weighted by atomic mass is 16.2. The van der Waals surface area contributed by atoms with Gasteiger partial charge in [-0.15, -0.1) is 0 Å². The molecule has 2 aliphatic heterocycles. The van der Waals surface area contributed by atoms with E-state index < -0.39 is 0 Å². The Morgan fingerprint density at radius 1 is 1.13 bits per heavy atom. The van der Waals surface area contributed by atoms with Gasteiger partial charge in [-0.25, -0.2) is 19.9 Å². The van der Waals surface area contributed by atoms with Crippen LogP contribution >= 0.6 is 0 Å². The van der Waals surface area contributed by atoms with E-state index in [-0.39, 0.29) is 11.8 Å². The van der Waals surface area contributed by atoms with Gasteiger partial charge in [0.2, 0.25) is 5.91 Å². The second-order valence-electron chi connectivity index (χ2n) is 8.35. The Labute approximate surface area is 175 Å². The molecule has 1 unspecified atom stereocenters. The molecular formula is C22H27N7O. The molecule has 8 nitrogen and oxygen atoms in total. The van der Waals surface area contributed by atoms with Crippen LogP contribution < -0.4 is 10.2 Å². The average Bonchev–Trinajstić information content (AvgIpc) is 2.95. The standard InChI is InChI=1S/C22H27N7O/c1-15-8-9-23-17(12-15)26-22(30)16-6-5-10-28(13-16)20-19-21(25-14-24-20)29-11-4-2-3-7-18(29)27-19/h8-9,12,14,16H,2-7,10-11,13H2,1H3,(H,23,26,30). The van der Waals surface area contributed by atoms with Crippen LogP contribution in [0.3, 0.4) is 0 Å². The average molecular weight is 406 g/mol. The zero-order chi connectivity index (χ0) is 20.5. The first-order valence-electron chi connectivity index (χ1n) is 10.9. The maximum absolute atomic E-state index is 12.9. The zero-order valence-corrected chi connectivity index (χ0v) is 17.3. The van der Waals surface area contributed by atoms with Crippen molar-refractivity contribution >= 4 is 28.7 Å². The minimum Gasteiger partial charge on any atom is -0.354 e. The number of aryl methyl sites for hydroxylation is 3. The third-order valence-electron chi connectivity index (χ3n) is 6.13. The summed E-state index contributed by atoms with van der Waals surface area (Å²) in [7, 11) is 0. The first-order chi connectivity index (χ1) is 14.7. The first-order valence-corrected chi connectivity index (χ1v) is 10.9. The Kier molecular flexibility index (Phi) is 5.06. The van der Waals surface area contributed by atoms with Gasteiger partial charge >= 0.3 is 0 Å². The number of nitrogens with one attached hydrogen (secondary N) is 1. The van der Waals surface area contributed by atoms with Crippen molar-refractivity contribution in [3.05, 3.63) is 36.0 Å². The number of imidazole rings is 1. The van der Waals surface area contributed by atoms with Gasteiger partial charge in [0.15, 0.2) is 17.0 Å². The SMILES string of the molecule is Cc1ccnc(NC(=O)C2CCCN(c3ncnc4c3nc3n4CCCCC3)C2)c1. The quantitative estimate of drug-likeness (QED) is 0.720. The summed E-state index contributed by atoms with van der Waals surface area (Å²) in [6.45, 7) is 4.47. The summed E-state index contributed by atoms with van der Waals surface area (Å²) in [5.41, 5.74) is 2.87. The van der Waals surface area contributed by atoms with E-state index in [1.165, 1.54) is 12.8 Å². The van der Waals surface area contributed by atoms with Crippen molar-refractivity contribution in [2.75, 3.05) is 23.3 Å². The molecule has 1 N–H and O–H groups in total. The molecule has 2 aliphatic rings. The molecule has 30 heavy (non-hydrogen) atoms. The number of fused-ring (bicyclic) bond motifs is 3. The van der Waals surface area contributed by atoms with Crippen LogP contribution in [0.1, 0.15) is 43.5 Å². The molecule has 3 aromatic heterocycles. The van der Waals surface area contributed by atoms with Crippen LogP contribution in [0.25, 0.3) is 11.2 Å². The molecule has 1 fully saturated rings. The molecule has 0 bridgehead atoms. The molecule has 1 atom stereocenters. The molecule has 1 saturated heterocycles. The Morgan fingerprint density at radius 3 is 2.97 bits per heavy atom. The predicted molar refractivity (Wildman–Crippen MR) is 115 cm³/mol. The van der Waals surface area contributed by atoms with Gasteiger partial charge in [-0.3, -0.25) is 4.79 Å². The highest BCUT2D eigenvalue weighted by molar-refractivity contribution is 5.92. The number of carbonyl (C=O) groups excluding carboxylic acids is 1. The second kappa shape index (κ2) is 8.01. The fraction of sp³-hybridized carbons (Fsp3) is 0.500. The van der Waals surface area contributed by atoms with Crippen LogP contribution in [-0.2, 0) is 17.8 Å². The van der Waals surface area contributed by atoms with Gasteiger partial charge < -0.3 is 14.8 Å². The van der Waals surface area contributed by atoms with E-state index in [0.717, 1.165) is 67.1 Å². The fourth-order valence-electron chi connectivity index (χ4n) is 4.57. The number of aromatic nitrogens is 5. The van der Waals surface area contributed by atoms with E-state index >= 15 is 0 Å². The lowest BCUT2D eigenvalue weighted by Gasteiger charge is -2.32. The number of anilines is 2. The summed E-state index contributed by atoms with van der Waals surface area (Å²) in [5.74, 6) is 2.49. The van der Waals surface area contributed by atoms with Crippen LogP contribution in [0, 0.1) is 12.8 Å². The number of rotatable bonds is 3. The minimum absolute atomic E-state index is 0.0173. The Hall–Kier alpha value is -3.03. The van der Waals surface area contributed by atoms with E-state index in [9.17, 15) is 4.79 Å². The van der Waals surface area contributed by atoms with Crippen molar-refractivity contribution in [2.45, 2.75) is 52.0 Å². The molecule has 0 spiro atoms. The first kappa shape index (κ1) is 19.0. The molecule has 3 aromatic rings. The number of hydrogen-bond donors (Lipinski definition) is 1. The molecule has 0 aliphatic carbocycles. The molecule has 0 aromatic carbocycles. The largest absolute Gasteiger partial charge is 0.354 e. The number of piperidine rings is 1. The third-order valence-corrected chi connectivity index (χ3v) is 6.13. The highest BCUT2D eigenvalue weighted by Gasteiger charge is 2.29. The number of carbonyl (C=O) groups is 1. The van der Waals surface area contributed by atoms with Crippen LogP contribution in [-0.4, -0.2) is 43.5 Å². The number of nitrogens with zero attached hydrogens (tertiary/aromatic N) is 6. The van der Waals surface area contributed by atoms with Crippen molar-refractivity contribution in [3.63, 3.8) is 0 Å². The van der Waals surface area contributed by atoms with Crippen LogP contribution in [0.15, 0.2) is 24.7 Å². The number of pyridine rings is 1. The zero-order valence-electron chi connectivity index (χ0n) is 17.3. The Morgan fingerprint density at radius 2 is 2.07 bits per heavy atom. The molecule has 1 amide bonds. The van der Waals surface area contributed by atoms with Gasteiger partial charge in [0.05, 0.1) is 5.92 Å². The summed E-state index contributed by atoms with van der Waals surface area (Å²) < 4.78 is 2.26. The molecule has 0 saturated carbocycles. The normalized spacial score (nSPS) is 19.4. The van der Waals surface area contributed by atoms with E-state index in [1.54, 1.807) is 12.5 Å². The van der Waals surface area contributed by atoms with Gasteiger partial charge in [-0.2, -0.15) is 0 Å². The van der Waals surface area contributed by atoms with Gasteiger partial charge in [0.25, 0.3) is 0 Å². The van der Waals surface area contributed by atoms with E-state index in [0.29, 0.717) is 12.4 Å². The number of hydrogen-bond acceptors (Lipinski definition) is 6. The van der Waals surface area contributed by atoms with E-state index in [1.807, 2.05) is 19.1 Å². The lowest BCUT2D eigenvalue weighted by molar-refractivity contribution is -0.120. The maximum Gasteiger partial charge on any atom is 0.230 e. The lowest BCUT2D eigenvalue weighted by atomic mass is 9.97. The summed E-state index contributed by atoms with van der Waals surface area (Å²) in [6.07, 6.45) is 9.73. The molecular weight excluding hydrogens is 378 g/mol. The lowest BCUT2D eigenvalue weighted by Crippen LogP contribution is -2.41. The Balaban J connectivity index is 1.38. The summed E-state index contributed by atoms with van der Waals surface area (Å²) in [4.78, 5) is 33.4. The fourth-order valence-corrected chi connectivity index (χ4v) is 4.57. The van der Waals surface area contributed by atoms with Crippen LogP contribution in [0.2, 0.25) is 0 Å². The van der Waals surface area contributed by atoms with Crippen LogP contribution in [0.4, 0.5) is 11.6 Å². The van der Waals surface area contributed by atoms with Crippen molar-refractivity contribution in [3.8, 4) is 0 Å². The van der Waals surface area contributed by atoms with Crippen molar-refractivity contribution < 1.29 is 4.79 Å². The van der Waals surface area contributed by atoms with Gasteiger partial charge in [-0.1, -0.05) is 6.42 Å².